The van der Waals surface area contributed by atoms with E-state index in [9.17, 15) is 13.7 Å². The molecule has 8 nitrogen and oxygen atoms in total. The summed E-state index contributed by atoms with van der Waals surface area (Å²) in [6.45, 7) is 4.17. The van der Waals surface area contributed by atoms with Gasteiger partial charge in [0.05, 0.1) is 42.0 Å². The lowest BCUT2D eigenvalue weighted by Gasteiger charge is -2.26. The summed E-state index contributed by atoms with van der Waals surface area (Å²) in [7, 11) is -3.69. The first-order chi connectivity index (χ1) is 17.0. The molecule has 35 heavy (non-hydrogen) atoms. The first-order valence-corrected chi connectivity index (χ1v) is 12.8. The van der Waals surface area contributed by atoms with E-state index in [1.165, 1.54) is 4.31 Å². The summed E-state index contributed by atoms with van der Waals surface area (Å²) in [6.07, 6.45) is 0. The van der Waals surface area contributed by atoms with E-state index in [2.05, 4.69) is 11.4 Å². The van der Waals surface area contributed by atoms with Crippen molar-refractivity contribution < 1.29 is 22.6 Å². The van der Waals surface area contributed by atoms with Crippen LogP contribution in [0.1, 0.15) is 18.1 Å². The van der Waals surface area contributed by atoms with Crippen LogP contribution in [0.4, 0.5) is 5.69 Å². The zero-order chi connectivity index (χ0) is 24.7. The second kappa shape index (κ2) is 11.2. The second-order valence-electron chi connectivity index (χ2n) is 7.80. The van der Waals surface area contributed by atoms with Crippen LogP contribution in [0.25, 0.3) is 0 Å². The van der Waals surface area contributed by atoms with Crippen molar-refractivity contribution >= 4 is 15.7 Å². The number of nitrogens with one attached hydrogen (secondary N) is 1. The van der Waals surface area contributed by atoms with E-state index in [0.29, 0.717) is 62.2 Å². The topological polar surface area (TPSA) is 101 Å². The fourth-order valence-electron chi connectivity index (χ4n) is 3.70. The van der Waals surface area contributed by atoms with Gasteiger partial charge in [-0.05, 0) is 61.0 Å². The average molecular weight is 494 g/mol. The highest BCUT2D eigenvalue weighted by atomic mass is 32.2. The third-order valence-corrected chi connectivity index (χ3v) is 7.42. The van der Waals surface area contributed by atoms with E-state index in [1.54, 1.807) is 42.5 Å². The molecule has 182 valence electrons. The van der Waals surface area contributed by atoms with Crippen LogP contribution in [0.15, 0.2) is 71.6 Å². The van der Waals surface area contributed by atoms with Gasteiger partial charge in [0, 0.05) is 19.6 Å². The maximum atomic E-state index is 13.2. The predicted octanol–water partition coefficient (Wildman–Crippen LogP) is 4.38. The quantitative estimate of drug-likeness (QED) is 0.472. The number of sulfonamides is 1. The fourth-order valence-corrected chi connectivity index (χ4v) is 5.14. The van der Waals surface area contributed by atoms with Crippen molar-refractivity contribution in [2.24, 2.45) is 0 Å². The maximum absolute atomic E-state index is 13.2. The number of nitrogens with zero attached hydrogens (tertiary/aromatic N) is 2. The van der Waals surface area contributed by atoms with E-state index in [0.717, 1.165) is 11.3 Å². The Morgan fingerprint density at radius 2 is 1.74 bits per heavy atom. The van der Waals surface area contributed by atoms with Gasteiger partial charge in [0.25, 0.3) is 0 Å². The van der Waals surface area contributed by atoms with Gasteiger partial charge in [-0.3, -0.25) is 0 Å². The van der Waals surface area contributed by atoms with Crippen molar-refractivity contribution in [3.63, 3.8) is 0 Å². The Labute approximate surface area is 205 Å². The molecule has 1 fully saturated rings. The molecule has 0 aromatic heterocycles. The molecule has 1 saturated heterocycles. The van der Waals surface area contributed by atoms with E-state index < -0.39 is 10.0 Å². The highest BCUT2D eigenvalue weighted by Crippen LogP contribution is 2.34. The number of anilines is 1. The number of hydrogen-bond acceptors (Lipinski definition) is 7. The van der Waals surface area contributed by atoms with E-state index in [1.807, 2.05) is 31.2 Å². The molecular formula is C26H27N3O5S. The van der Waals surface area contributed by atoms with Crippen molar-refractivity contribution in [3.8, 4) is 23.3 Å². The van der Waals surface area contributed by atoms with Crippen LogP contribution in [0.3, 0.4) is 0 Å². The zero-order valence-electron chi connectivity index (χ0n) is 19.4. The molecule has 4 rings (SSSR count). The number of rotatable bonds is 9. The predicted molar refractivity (Wildman–Crippen MR) is 132 cm³/mol. The SMILES string of the molecule is CCOc1ccc(Oc2ccc(S(=O)(=O)N3CCOCC3)cc2NCc2ccccc2C#N)cc1. The van der Waals surface area contributed by atoms with Crippen LogP contribution in [0.2, 0.25) is 0 Å². The highest BCUT2D eigenvalue weighted by molar-refractivity contribution is 7.89. The van der Waals surface area contributed by atoms with Gasteiger partial charge >= 0.3 is 0 Å². The number of hydrogen-bond donors (Lipinski definition) is 1. The largest absolute Gasteiger partial charge is 0.494 e. The number of nitriles is 1. The molecule has 1 aliphatic rings. The van der Waals surface area contributed by atoms with Crippen LogP contribution < -0.4 is 14.8 Å². The summed E-state index contributed by atoms with van der Waals surface area (Å²) in [5.41, 5.74) is 1.84. The first-order valence-electron chi connectivity index (χ1n) is 11.4. The molecule has 9 heteroatoms. The smallest absolute Gasteiger partial charge is 0.243 e. The summed E-state index contributed by atoms with van der Waals surface area (Å²) < 4.78 is 44.7. The Morgan fingerprint density at radius 3 is 2.46 bits per heavy atom. The molecule has 1 aliphatic heterocycles. The van der Waals surface area contributed by atoms with Gasteiger partial charge in [-0.15, -0.1) is 0 Å². The molecular weight excluding hydrogens is 466 g/mol. The van der Waals surface area contributed by atoms with Gasteiger partial charge in [-0.1, -0.05) is 18.2 Å². The standard InChI is InChI=1S/C26H27N3O5S/c1-2-33-22-7-9-23(10-8-22)34-26-12-11-24(35(30,31)29-13-15-32-16-14-29)17-25(26)28-19-21-6-4-3-5-20(21)18-27/h3-12,17,28H,2,13-16,19H2,1H3. The van der Waals surface area contributed by atoms with Crippen molar-refractivity contribution in [1.82, 2.24) is 4.31 Å². The minimum Gasteiger partial charge on any atom is -0.494 e. The van der Waals surface area contributed by atoms with Crippen LogP contribution in [0, 0.1) is 11.3 Å². The minimum atomic E-state index is -3.69. The van der Waals surface area contributed by atoms with Gasteiger partial charge in [-0.25, -0.2) is 8.42 Å². The second-order valence-corrected chi connectivity index (χ2v) is 9.74. The van der Waals surface area contributed by atoms with E-state index in [4.69, 9.17) is 14.2 Å². The van der Waals surface area contributed by atoms with Gasteiger partial charge < -0.3 is 19.5 Å². The Hall–Kier alpha value is -3.58. The number of morpholine rings is 1. The normalized spacial score (nSPS) is 14.2. The molecule has 1 heterocycles. The molecule has 3 aromatic rings. The fraction of sp³-hybridized carbons (Fsp3) is 0.269. The van der Waals surface area contributed by atoms with Crippen molar-refractivity contribution in [1.29, 1.82) is 5.26 Å². The third-order valence-electron chi connectivity index (χ3n) is 5.53. The molecule has 0 aliphatic carbocycles. The molecule has 0 radical (unpaired) electrons. The highest BCUT2D eigenvalue weighted by Gasteiger charge is 2.27. The molecule has 0 amide bonds. The van der Waals surface area contributed by atoms with E-state index in [-0.39, 0.29) is 4.90 Å². The van der Waals surface area contributed by atoms with Crippen LogP contribution in [0.5, 0.6) is 17.2 Å². The lowest BCUT2D eigenvalue weighted by molar-refractivity contribution is 0.0730. The molecule has 1 N–H and O–H groups in total. The monoisotopic (exact) mass is 493 g/mol. The third kappa shape index (κ3) is 5.92. The summed E-state index contributed by atoms with van der Waals surface area (Å²) in [4.78, 5) is 0.162. The molecule has 0 spiro atoms. The van der Waals surface area contributed by atoms with Crippen LogP contribution in [-0.2, 0) is 21.3 Å². The Morgan fingerprint density at radius 1 is 1.03 bits per heavy atom. The molecule has 0 atom stereocenters. The molecule has 0 saturated carbocycles. The van der Waals surface area contributed by atoms with Crippen LogP contribution >= 0.6 is 0 Å². The molecule has 3 aromatic carbocycles. The lowest BCUT2D eigenvalue weighted by Crippen LogP contribution is -2.40. The summed E-state index contributed by atoms with van der Waals surface area (Å²) in [5, 5.41) is 12.7. The Balaban J connectivity index is 1.64. The van der Waals surface area contributed by atoms with Crippen molar-refractivity contribution in [3.05, 3.63) is 77.9 Å². The van der Waals surface area contributed by atoms with Crippen LogP contribution in [-0.4, -0.2) is 45.6 Å². The maximum Gasteiger partial charge on any atom is 0.243 e. The van der Waals surface area contributed by atoms with Gasteiger partial charge in [0.2, 0.25) is 10.0 Å². The van der Waals surface area contributed by atoms with Gasteiger partial charge in [-0.2, -0.15) is 9.57 Å². The molecule has 0 unspecified atom stereocenters. The zero-order valence-corrected chi connectivity index (χ0v) is 20.3. The summed E-state index contributed by atoms with van der Waals surface area (Å²) >= 11 is 0. The van der Waals surface area contributed by atoms with Crippen molar-refractivity contribution in [2.75, 3.05) is 38.2 Å². The van der Waals surface area contributed by atoms with Gasteiger partial charge in [0.15, 0.2) is 5.75 Å². The average Bonchev–Trinajstić information content (AvgIpc) is 2.90. The molecule has 0 bridgehead atoms. The van der Waals surface area contributed by atoms with E-state index >= 15 is 0 Å². The lowest BCUT2D eigenvalue weighted by atomic mass is 10.1. The number of ether oxygens (including phenoxy) is 3. The Bertz CT molecular complexity index is 1300. The van der Waals surface area contributed by atoms with Crippen molar-refractivity contribution in [2.45, 2.75) is 18.4 Å². The van der Waals surface area contributed by atoms with Gasteiger partial charge in [0.1, 0.15) is 11.5 Å². The Kier molecular flexibility index (Phi) is 7.87. The minimum absolute atomic E-state index is 0.162. The first kappa shape index (κ1) is 24.5. The number of benzene rings is 3. The summed E-state index contributed by atoms with van der Waals surface area (Å²) in [6, 6.07) is 21.4. The summed E-state index contributed by atoms with van der Waals surface area (Å²) in [5.74, 6) is 1.78.